The molecule has 0 atom stereocenters. The second-order valence-corrected chi connectivity index (χ2v) is 8.87. The van der Waals surface area contributed by atoms with Crippen molar-refractivity contribution in [3.63, 3.8) is 0 Å². The fourth-order valence-electron chi connectivity index (χ4n) is 4.01. The SMILES string of the molecule is CCCc1nc2sc3c(c2c(=O)n1CC(=O)c1ccc(C)c(C)c1)CCCC3. The van der Waals surface area contributed by atoms with Crippen molar-refractivity contribution in [2.24, 2.45) is 0 Å². The minimum atomic E-state index is -0.0370. The van der Waals surface area contributed by atoms with Crippen molar-refractivity contribution in [2.75, 3.05) is 0 Å². The van der Waals surface area contributed by atoms with Gasteiger partial charge in [-0.25, -0.2) is 4.98 Å². The summed E-state index contributed by atoms with van der Waals surface area (Å²) in [5.41, 5.74) is 4.05. The van der Waals surface area contributed by atoms with E-state index in [-0.39, 0.29) is 17.9 Å². The summed E-state index contributed by atoms with van der Waals surface area (Å²) in [6, 6.07) is 5.74. The second kappa shape index (κ2) is 7.63. The molecule has 0 N–H and O–H groups in total. The predicted octanol–water partition coefficient (Wildman–Crippen LogP) is 4.79. The van der Waals surface area contributed by atoms with Crippen LogP contribution in [0.15, 0.2) is 23.0 Å². The molecule has 0 spiro atoms. The van der Waals surface area contributed by atoms with E-state index in [1.165, 1.54) is 16.9 Å². The molecule has 0 saturated heterocycles. The molecule has 0 fully saturated rings. The number of ketones is 1. The summed E-state index contributed by atoms with van der Waals surface area (Å²) in [4.78, 5) is 33.4. The zero-order valence-electron chi connectivity index (χ0n) is 16.8. The Bertz CT molecular complexity index is 1120. The Morgan fingerprint density at radius 1 is 1.18 bits per heavy atom. The van der Waals surface area contributed by atoms with Gasteiger partial charge in [0.15, 0.2) is 5.78 Å². The molecule has 0 saturated carbocycles. The quantitative estimate of drug-likeness (QED) is 0.585. The first-order valence-corrected chi connectivity index (χ1v) is 11.0. The molecule has 28 heavy (non-hydrogen) atoms. The van der Waals surface area contributed by atoms with Crippen LogP contribution in [0.25, 0.3) is 10.2 Å². The van der Waals surface area contributed by atoms with Crippen molar-refractivity contribution in [1.29, 1.82) is 0 Å². The molecule has 146 valence electrons. The van der Waals surface area contributed by atoms with Gasteiger partial charge < -0.3 is 0 Å². The molecule has 0 aliphatic heterocycles. The van der Waals surface area contributed by atoms with E-state index < -0.39 is 0 Å². The number of benzene rings is 1. The average Bonchev–Trinajstić information content (AvgIpc) is 3.05. The van der Waals surface area contributed by atoms with Crippen LogP contribution in [0.3, 0.4) is 0 Å². The molecule has 2 heterocycles. The molecule has 0 bridgehead atoms. The number of fused-ring (bicyclic) bond motifs is 3. The number of Topliss-reactive ketones (excluding diaryl/α,β-unsaturated/α-hetero) is 1. The lowest BCUT2D eigenvalue weighted by Crippen LogP contribution is -2.29. The monoisotopic (exact) mass is 394 g/mol. The first-order chi connectivity index (χ1) is 13.5. The predicted molar refractivity (Wildman–Crippen MR) is 115 cm³/mol. The van der Waals surface area contributed by atoms with Gasteiger partial charge in [-0.1, -0.05) is 19.1 Å². The van der Waals surface area contributed by atoms with Crippen LogP contribution < -0.4 is 5.56 Å². The molecular weight excluding hydrogens is 368 g/mol. The van der Waals surface area contributed by atoms with Crippen LogP contribution in [-0.4, -0.2) is 15.3 Å². The summed E-state index contributed by atoms with van der Waals surface area (Å²) in [6.07, 6.45) is 5.89. The Kier molecular flexibility index (Phi) is 5.19. The summed E-state index contributed by atoms with van der Waals surface area (Å²) in [6.45, 7) is 6.17. The van der Waals surface area contributed by atoms with E-state index in [0.717, 1.165) is 52.9 Å². The van der Waals surface area contributed by atoms with Crippen molar-refractivity contribution in [1.82, 2.24) is 9.55 Å². The summed E-state index contributed by atoms with van der Waals surface area (Å²) in [7, 11) is 0. The minimum Gasteiger partial charge on any atom is -0.292 e. The molecule has 2 aromatic heterocycles. The van der Waals surface area contributed by atoms with Crippen LogP contribution in [0.2, 0.25) is 0 Å². The Morgan fingerprint density at radius 3 is 2.71 bits per heavy atom. The van der Waals surface area contributed by atoms with E-state index in [4.69, 9.17) is 4.98 Å². The molecule has 5 heteroatoms. The van der Waals surface area contributed by atoms with Gasteiger partial charge >= 0.3 is 0 Å². The van der Waals surface area contributed by atoms with Crippen molar-refractivity contribution >= 4 is 27.3 Å². The van der Waals surface area contributed by atoms with Gasteiger partial charge in [-0.05, 0) is 68.7 Å². The molecular formula is C23H26N2O2S. The largest absolute Gasteiger partial charge is 0.292 e. The van der Waals surface area contributed by atoms with Gasteiger partial charge in [0.2, 0.25) is 0 Å². The average molecular weight is 395 g/mol. The molecule has 0 amide bonds. The van der Waals surface area contributed by atoms with Crippen LogP contribution in [-0.2, 0) is 25.8 Å². The lowest BCUT2D eigenvalue weighted by molar-refractivity contribution is 0.0969. The van der Waals surface area contributed by atoms with E-state index in [1.54, 1.807) is 15.9 Å². The van der Waals surface area contributed by atoms with Crippen LogP contribution >= 0.6 is 11.3 Å². The summed E-state index contributed by atoms with van der Waals surface area (Å²) >= 11 is 1.67. The zero-order valence-corrected chi connectivity index (χ0v) is 17.6. The normalized spacial score (nSPS) is 13.7. The molecule has 1 aliphatic rings. The second-order valence-electron chi connectivity index (χ2n) is 7.78. The number of hydrogen-bond donors (Lipinski definition) is 0. The number of rotatable bonds is 5. The summed E-state index contributed by atoms with van der Waals surface area (Å²) < 4.78 is 1.63. The molecule has 3 aromatic rings. The number of nitrogens with zero attached hydrogens (tertiary/aromatic N) is 2. The molecule has 0 unspecified atom stereocenters. The fraction of sp³-hybridized carbons (Fsp3) is 0.435. The van der Waals surface area contributed by atoms with Crippen molar-refractivity contribution < 1.29 is 4.79 Å². The number of carbonyl (C=O) groups excluding carboxylic acids is 1. The Hall–Kier alpha value is -2.27. The zero-order chi connectivity index (χ0) is 19.8. The maximum atomic E-state index is 13.4. The highest BCUT2D eigenvalue weighted by molar-refractivity contribution is 7.18. The van der Waals surface area contributed by atoms with Gasteiger partial charge in [0.25, 0.3) is 5.56 Å². The number of carbonyl (C=O) groups is 1. The first kappa shape index (κ1) is 19.1. The van der Waals surface area contributed by atoms with E-state index in [0.29, 0.717) is 12.0 Å². The van der Waals surface area contributed by atoms with Crippen molar-refractivity contribution in [2.45, 2.75) is 65.8 Å². The van der Waals surface area contributed by atoms with Gasteiger partial charge in [-0.2, -0.15) is 0 Å². The molecule has 1 aliphatic carbocycles. The van der Waals surface area contributed by atoms with Crippen LogP contribution in [0.1, 0.15) is 63.9 Å². The summed E-state index contributed by atoms with van der Waals surface area (Å²) in [5, 5.41) is 0.757. The smallest absolute Gasteiger partial charge is 0.262 e. The third-order valence-electron chi connectivity index (χ3n) is 5.76. The van der Waals surface area contributed by atoms with E-state index in [1.807, 2.05) is 32.0 Å². The minimum absolute atomic E-state index is 0.0344. The van der Waals surface area contributed by atoms with E-state index >= 15 is 0 Å². The summed E-state index contributed by atoms with van der Waals surface area (Å²) in [5.74, 6) is 0.698. The van der Waals surface area contributed by atoms with E-state index in [2.05, 4.69) is 6.92 Å². The van der Waals surface area contributed by atoms with E-state index in [9.17, 15) is 9.59 Å². The topological polar surface area (TPSA) is 52.0 Å². The molecule has 4 rings (SSSR count). The number of thiophene rings is 1. The molecule has 4 nitrogen and oxygen atoms in total. The van der Waals surface area contributed by atoms with Gasteiger partial charge in [0, 0.05) is 16.9 Å². The van der Waals surface area contributed by atoms with Gasteiger partial charge in [0.1, 0.15) is 10.7 Å². The van der Waals surface area contributed by atoms with Crippen LogP contribution in [0.4, 0.5) is 0 Å². The molecule has 0 radical (unpaired) electrons. The lowest BCUT2D eigenvalue weighted by Gasteiger charge is -2.13. The van der Waals surface area contributed by atoms with Gasteiger partial charge in [0.05, 0.1) is 11.9 Å². The third kappa shape index (κ3) is 3.32. The standard InChI is InChI=1S/C23H26N2O2S/c1-4-7-20-24-22-21(17-8-5-6-9-19(17)28-22)23(27)25(20)13-18(26)16-11-10-14(2)15(3)12-16/h10-12H,4-9,13H2,1-3H3. The Labute approximate surface area is 169 Å². The van der Waals surface area contributed by atoms with Gasteiger partial charge in [-0.15, -0.1) is 11.3 Å². The maximum Gasteiger partial charge on any atom is 0.262 e. The number of aryl methyl sites for hydroxylation is 5. The first-order valence-electron chi connectivity index (χ1n) is 10.1. The fourth-order valence-corrected chi connectivity index (χ4v) is 5.28. The number of hydrogen-bond acceptors (Lipinski definition) is 4. The Morgan fingerprint density at radius 2 is 1.96 bits per heavy atom. The maximum absolute atomic E-state index is 13.4. The van der Waals surface area contributed by atoms with Gasteiger partial charge in [-0.3, -0.25) is 14.2 Å². The van der Waals surface area contributed by atoms with Crippen LogP contribution in [0, 0.1) is 13.8 Å². The highest BCUT2D eigenvalue weighted by atomic mass is 32.1. The van der Waals surface area contributed by atoms with Crippen LogP contribution in [0.5, 0.6) is 0 Å². The lowest BCUT2D eigenvalue weighted by atomic mass is 9.97. The Balaban J connectivity index is 1.81. The highest BCUT2D eigenvalue weighted by Crippen LogP contribution is 2.33. The van der Waals surface area contributed by atoms with Crippen molar-refractivity contribution in [3.8, 4) is 0 Å². The highest BCUT2D eigenvalue weighted by Gasteiger charge is 2.23. The van der Waals surface area contributed by atoms with Crippen molar-refractivity contribution in [3.05, 3.63) is 61.5 Å². The molecule has 1 aromatic carbocycles. The third-order valence-corrected chi connectivity index (χ3v) is 6.94. The number of aromatic nitrogens is 2.